The summed E-state index contributed by atoms with van der Waals surface area (Å²) in [6, 6.07) is 17.7. The van der Waals surface area contributed by atoms with Crippen molar-refractivity contribution in [2.45, 2.75) is 6.04 Å². The summed E-state index contributed by atoms with van der Waals surface area (Å²) in [5, 5.41) is 16.3. The SMILES string of the molecule is Oc1c([C@@H](c2ccc(Cl)cc2)N2CCN(c3ccc(F)cc3)CC2)sc2nc(-c3ccco3)nn12. The fourth-order valence-corrected chi connectivity index (χ4v) is 5.74. The molecular weight excluding hydrogens is 489 g/mol. The van der Waals surface area contributed by atoms with Gasteiger partial charge in [-0.3, -0.25) is 4.90 Å². The molecule has 3 aromatic heterocycles. The molecule has 1 aliphatic heterocycles. The lowest BCUT2D eigenvalue weighted by atomic mass is 10.0. The molecule has 1 atom stereocenters. The highest BCUT2D eigenvalue weighted by molar-refractivity contribution is 7.17. The molecule has 0 saturated carbocycles. The summed E-state index contributed by atoms with van der Waals surface area (Å²) in [6.07, 6.45) is 1.57. The molecule has 0 amide bonds. The van der Waals surface area contributed by atoms with Crippen LogP contribution in [0.5, 0.6) is 5.88 Å². The van der Waals surface area contributed by atoms with Crippen LogP contribution in [0.4, 0.5) is 10.1 Å². The maximum absolute atomic E-state index is 13.4. The summed E-state index contributed by atoms with van der Waals surface area (Å²) in [7, 11) is 0. The van der Waals surface area contributed by atoms with Crippen LogP contribution in [0.15, 0.2) is 71.3 Å². The first-order chi connectivity index (χ1) is 17.1. The van der Waals surface area contributed by atoms with Gasteiger partial charge in [0.1, 0.15) is 5.82 Å². The van der Waals surface area contributed by atoms with Gasteiger partial charge in [0.2, 0.25) is 16.7 Å². The van der Waals surface area contributed by atoms with Crippen molar-refractivity contribution in [1.82, 2.24) is 19.5 Å². The van der Waals surface area contributed by atoms with Crippen molar-refractivity contribution in [1.29, 1.82) is 0 Å². The summed E-state index contributed by atoms with van der Waals surface area (Å²) in [5.74, 6) is 0.806. The number of aromatic hydroxyl groups is 1. The molecule has 0 aliphatic carbocycles. The maximum Gasteiger partial charge on any atom is 0.230 e. The Labute approximate surface area is 209 Å². The molecule has 1 saturated heterocycles. The van der Waals surface area contributed by atoms with E-state index in [2.05, 4.69) is 19.9 Å². The molecule has 5 aromatic rings. The van der Waals surface area contributed by atoms with Gasteiger partial charge in [0.05, 0.1) is 17.2 Å². The monoisotopic (exact) mass is 509 g/mol. The number of nitrogens with zero attached hydrogens (tertiary/aromatic N) is 5. The summed E-state index contributed by atoms with van der Waals surface area (Å²) < 4.78 is 20.2. The number of rotatable bonds is 5. The van der Waals surface area contributed by atoms with Gasteiger partial charge in [-0.2, -0.15) is 9.50 Å². The summed E-state index contributed by atoms with van der Waals surface area (Å²) in [6.45, 7) is 3.07. The quantitative estimate of drug-likeness (QED) is 0.339. The van der Waals surface area contributed by atoms with E-state index in [4.69, 9.17) is 16.0 Å². The van der Waals surface area contributed by atoms with Gasteiger partial charge in [-0.25, -0.2) is 4.39 Å². The number of fused-ring (bicyclic) bond motifs is 1. The molecular formula is C25H21ClFN5O2S. The second-order valence-corrected chi connectivity index (χ2v) is 9.80. The zero-order valence-electron chi connectivity index (χ0n) is 18.5. The minimum atomic E-state index is -0.239. The normalized spacial score (nSPS) is 15.7. The molecule has 178 valence electrons. The van der Waals surface area contributed by atoms with E-state index in [0.29, 0.717) is 21.6 Å². The van der Waals surface area contributed by atoms with Crippen LogP contribution in [-0.2, 0) is 0 Å². The van der Waals surface area contributed by atoms with E-state index in [1.807, 2.05) is 36.4 Å². The van der Waals surface area contributed by atoms with Crippen molar-refractivity contribution in [3.63, 3.8) is 0 Å². The highest BCUT2D eigenvalue weighted by atomic mass is 35.5. The molecule has 1 fully saturated rings. The molecule has 0 radical (unpaired) electrons. The van der Waals surface area contributed by atoms with Gasteiger partial charge in [-0.05, 0) is 54.1 Å². The van der Waals surface area contributed by atoms with Gasteiger partial charge in [-0.15, -0.1) is 5.10 Å². The fourth-order valence-electron chi connectivity index (χ4n) is 4.50. The average Bonchev–Trinajstić information content (AvgIpc) is 3.61. The first-order valence-electron chi connectivity index (χ1n) is 11.2. The highest BCUT2D eigenvalue weighted by Gasteiger charge is 2.32. The van der Waals surface area contributed by atoms with Crippen molar-refractivity contribution in [2.75, 3.05) is 31.1 Å². The van der Waals surface area contributed by atoms with E-state index in [0.717, 1.165) is 42.3 Å². The minimum absolute atomic E-state index is 0.0659. The molecule has 35 heavy (non-hydrogen) atoms. The van der Waals surface area contributed by atoms with Crippen LogP contribution in [-0.4, -0.2) is 50.8 Å². The summed E-state index contributed by atoms with van der Waals surface area (Å²) in [5.41, 5.74) is 2.02. The minimum Gasteiger partial charge on any atom is -0.492 e. The number of hydrogen-bond acceptors (Lipinski definition) is 7. The third-order valence-corrected chi connectivity index (χ3v) is 7.57. The zero-order valence-corrected chi connectivity index (χ0v) is 20.1. The summed E-state index contributed by atoms with van der Waals surface area (Å²) in [4.78, 5) is 10.5. The second kappa shape index (κ2) is 8.99. The number of benzene rings is 2. The Hall–Kier alpha value is -3.40. The molecule has 0 bridgehead atoms. The third kappa shape index (κ3) is 4.16. The van der Waals surface area contributed by atoms with E-state index in [-0.39, 0.29) is 17.7 Å². The maximum atomic E-state index is 13.4. The number of hydrogen-bond donors (Lipinski definition) is 1. The first-order valence-corrected chi connectivity index (χ1v) is 12.4. The number of thiazole rings is 1. The van der Waals surface area contributed by atoms with Crippen molar-refractivity contribution in [2.24, 2.45) is 0 Å². The Balaban J connectivity index is 1.33. The molecule has 10 heteroatoms. The van der Waals surface area contributed by atoms with Crippen LogP contribution >= 0.6 is 22.9 Å². The predicted molar refractivity (Wildman–Crippen MR) is 134 cm³/mol. The van der Waals surface area contributed by atoms with E-state index >= 15 is 0 Å². The first kappa shape index (κ1) is 22.1. The van der Waals surface area contributed by atoms with E-state index < -0.39 is 0 Å². The molecule has 6 rings (SSSR count). The number of piperazine rings is 1. The lowest BCUT2D eigenvalue weighted by Gasteiger charge is -2.40. The Morgan fingerprint density at radius 1 is 1.00 bits per heavy atom. The lowest BCUT2D eigenvalue weighted by molar-refractivity contribution is 0.211. The van der Waals surface area contributed by atoms with Crippen LogP contribution in [0.3, 0.4) is 0 Å². The van der Waals surface area contributed by atoms with Crippen LogP contribution in [0, 0.1) is 5.82 Å². The van der Waals surface area contributed by atoms with Gasteiger partial charge in [-0.1, -0.05) is 35.1 Å². The number of anilines is 1. The van der Waals surface area contributed by atoms with Crippen LogP contribution in [0.1, 0.15) is 16.5 Å². The third-order valence-electron chi connectivity index (χ3n) is 6.25. The van der Waals surface area contributed by atoms with Gasteiger partial charge in [0.15, 0.2) is 5.76 Å². The van der Waals surface area contributed by atoms with E-state index in [1.54, 1.807) is 18.4 Å². The van der Waals surface area contributed by atoms with E-state index in [9.17, 15) is 9.50 Å². The largest absolute Gasteiger partial charge is 0.492 e. The standard InChI is InChI=1S/C25H21ClFN5O2S/c26-17-5-3-16(4-6-17)21(31-13-11-30(12-14-31)19-9-7-18(27)8-10-19)22-24(33)32-25(35-22)28-23(29-32)20-2-1-15-34-20/h1-10,15,21,33H,11-14H2/t21-/m1/s1. The Morgan fingerprint density at radius 3 is 2.40 bits per heavy atom. The smallest absolute Gasteiger partial charge is 0.230 e. The highest BCUT2D eigenvalue weighted by Crippen LogP contribution is 2.41. The van der Waals surface area contributed by atoms with Crippen LogP contribution < -0.4 is 4.90 Å². The Morgan fingerprint density at radius 2 is 1.74 bits per heavy atom. The summed E-state index contributed by atoms with van der Waals surface area (Å²) >= 11 is 7.57. The topological polar surface area (TPSA) is 70.0 Å². The number of aromatic nitrogens is 3. The van der Waals surface area contributed by atoms with Crippen LogP contribution in [0.25, 0.3) is 16.5 Å². The fraction of sp³-hybridized carbons (Fsp3) is 0.200. The van der Waals surface area contributed by atoms with Crippen LogP contribution in [0.2, 0.25) is 5.02 Å². The van der Waals surface area contributed by atoms with Crippen molar-refractivity contribution in [3.8, 4) is 17.5 Å². The van der Waals surface area contributed by atoms with Crippen molar-refractivity contribution >= 4 is 33.6 Å². The number of furan rings is 1. The molecule has 4 heterocycles. The molecule has 0 spiro atoms. The van der Waals surface area contributed by atoms with Gasteiger partial charge < -0.3 is 14.4 Å². The molecule has 2 aromatic carbocycles. The molecule has 1 aliphatic rings. The van der Waals surface area contributed by atoms with Crippen molar-refractivity contribution in [3.05, 3.63) is 88.2 Å². The molecule has 1 N–H and O–H groups in total. The predicted octanol–water partition coefficient (Wildman–Crippen LogP) is 5.46. The molecule has 0 unspecified atom stereocenters. The van der Waals surface area contributed by atoms with E-state index in [1.165, 1.54) is 28.0 Å². The van der Waals surface area contributed by atoms with Gasteiger partial charge >= 0.3 is 0 Å². The van der Waals surface area contributed by atoms with Gasteiger partial charge in [0, 0.05) is 36.9 Å². The lowest BCUT2D eigenvalue weighted by Crippen LogP contribution is -2.47. The average molecular weight is 510 g/mol. The molecule has 7 nitrogen and oxygen atoms in total. The Bertz CT molecular complexity index is 1440. The zero-order chi connectivity index (χ0) is 23.9. The Kier molecular flexibility index (Phi) is 5.68. The van der Waals surface area contributed by atoms with Gasteiger partial charge in [0.25, 0.3) is 0 Å². The number of halogens is 2. The second-order valence-electron chi connectivity index (χ2n) is 8.35. The van der Waals surface area contributed by atoms with Crippen molar-refractivity contribution < 1.29 is 13.9 Å².